The molecular weight excluding hydrogens is 288 g/mol. The molecule has 3 heterocycles. The second-order valence-corrected chi connectivity index (χ2v) is 5.12. The molecule has 8 heteroatoms. The molecule has 0 aromatic carbocycles. The Morgan fingerprint density at radius 2 is 2.09 bits per heavy atom. The first-order chi connectivity index (χ1) is 10.7. The Labute approximate surface area is 127 Å². The van der Waals surface area contributed by atoms with E-state index in [-0.39, 0.29) is 25.0 Å². The summed E-state index contributed by atoms with van der Waals surface area (Å²) >= 11 is 0. The molecule has 1 aromatic rings. The molecular formula is C14H16N4O4. The number of carbonyl (C=O) groups is 3. The van der Waals surface area contributed by atoms with Gasteiger partial charge in [0.25, 0.3) is 5.91 Å². The predicted molar refractivity (Wildman–Crippen MR) is 76.3 cm³/mol. The van der Waals surface area contributed by atoms with Gasteiger partial charge in [-0.1, -0.05) is 0 Å². The van der Waals surface area contributed by atoms with Crippen LogP contribution in [0.3, 0.4) is 0 Å². The van der Waals surface area contributed by atoms with Crippen molar-refractivity contribution in [2.24, 2.45) is 0 Å². The third-order valence-corrected chi connectivity index (χ3v) is 3.77. The Morgan fingerprint density at radius 1 is 1.32 bits per heavy atom. The number of carbonyl (C=O) groups excluding carboxylic acids is 3. The van der Waals surface area contributed by atoms with Crippen molar-refractivity contribution in [2.45, 2.75) is 0 Å². The Morgan fingerprint density at radius 3 is 2.82 bits per heavy atom. The fraction of sp³-hybridized carbons (Fsp3) is 0.429. The summed E-state index contributed by atoms with van der Waals surface area (Å²) in [7, 11) is 0. The molecule has 116 valence electrons. The smallest absolute Gasteiger partial charge is 0.266 e. The number of hydrogen-bond donors (Lipinski definition) is 0. The molecule has 22 heavy (non-hydrogen) atoms. The van der Waals surface area contributed by atoms with Crippen LogP contribution in [0.1, 0.15) is 0 Å². The summed E-state index contributed by atoms with van der Waals surface area (Å²) in [4.78, 5) is 43.8. The lowest BCUT2D eigenvalue weighted by molar-refractivity contribution is -0.135. The van der Waals surface area contributed by atoms with E-state index < -0.39 is 0 Å². The van der Waals surface area contributed by atoms with Crippen molar-refractivity contribution in [2.75, 3.05) is 44.2 Å². The fourth-order valence-corrected chi connectivity index (χ4v) is 2.51. The summed E-state index contributed by atoms with van der Waals surface area (Å²) in [6.07, 6.45) is 2.34. The first-order valence-electron chi connectivity index (χ1n) is 7.04. The number of aromatic nitrogens is 1. The quantitative estimate of drug-likeness (QED) is 0.676. The zero-order valence-electron chi connectivity index (χ0n) is 12.0. The lowest BCUT2D eigenvalue weighted by atomic mass is 10.3. The zero-order chi connectivity index (χ0) is 15.5. The molecule has 2 aliphatic heterocycles. The van der Waals surface area contributed by atoms with Crippen LogP contribution in [-0.2, 0) is 14.4 Å². The molecule has 8 nitrogen and oxygen atoms in total. The van der Waals surface area contributed by atoms with Gasteiger partial charge in [-0.15, -0.1) is 0 Å². The van der Waals surface area contributed by atoms with Gasteiger partial charge in [0.15, 0.2) is 18.2 Å². The van der Waals surface area contributed by atoms with Crippen molar-refractivity contribution in [3.8, 4) is 5.75 Å². The van der Waals surface area contributed by atoms with Gasteiger partial charge in [-0.3, -0.25) is 19.3 Å². The summed E-state index contributed by atoms with van der Waals surface area (Å²) in [5, 5.41) is 0. The molecule has 2 aliphatic rings. The summed E-state index contributed by atoms with van der Waals surface area (Å²) in [5.41, 5.74) is 0. The monoisotopic (exact) mass is 304 g/mol. The van der Waals surface area contributed by atoms with Gasteiger partial charge < -0.3 is 14.5 Å². The second kappa shape index (κ2) is 6.00. The maximum absolute atomic E-state index is 12.4. The van der Waals surface area contributed by atoms with Gasteiger partial charge in [0, 0.05) is 32.4 Å². The second-order valence-electron chi connectivity index (χ2n) is 5.12. The van der Waals surface area contributed by atoms with Crippen LogP contribution in [0.15, 0.2) is 18.3 Å². The minimum absolute atomic E-state index is 0.0622. The molecule has 1 saturated heterocycles. The van der Waals surface area contributed by atoms with Crippen LogP contribution in [0.4, 0.5) is 5.82 Å². The van der Waals surface area contributed by atoms with Crippen molar-refractivity contribution < 1.29 is 19.1 Å². The van der Waals surface area contributed by atoms with Crippen molar-refractivity contribution in [3.63, 3.8) is 0 Å². The van der Waals surface area contributed by atoms with Crippen molar-refractivity contribution in [1.29, 1.82) is 0 Å². The molecule has 0 N–H and O–H groups in total. The van der Waals surface area contributed by atoms with Gasteiger partial charge in [0.1, 0.15) is 6.54 Å². The average Bonchev–Trinajstić information content (AvgIpc) is 2.57. The number of amides is 3. The van der Waals surface area contributed by atoms with Crippen LogP contribution >= 0.6 is 0 Å². The van der Waals surface area contributed by atoms with Crippen molar-refractivity contribution >= 4 is 24.0 Å². The van der Waals surface area contributed by atoms with Crippen LogP contribution in [0.5, 0.6) is 5.75 Å². The number of piperazine rings is 1. The topological polar surface area (TPSA) is 83.1 Å². The van der Waals surface area contributed by atoms with Gasteiger partial charge in [-0.25, -0.2) is 4.98 Å². The zero-order valence-corrected chi connectivity index (χ0v) is 12.0. The van der Waals surface area contributed by atoms with E-state index in [1.807, 2.05) is 0 Å². The molecule has 0 radical (unpaired) electrons. The normalized spacial score (nSPS) is 17.8. The molecule has 1 fully saturated rings. The predicted octanol–water partition coefficient (Wildman–Crippen LogP) is -0.892. The highest BCUT2D eigenvalue weighted by molar-refractivity contribution is 6.01. The van der Waals surface area contributed by atoms with E-state index in [1.54, 1.807) is 28.1 Å². The van der Waals surface area contributed by atoms with Crippen molar-refractivity contribution in [1.82, 2.24) is 14.8 Å². The summed E-state index contributed by atoms with van der Waals surface area (Å²) in [5.74, 6) is 0.433. The van der Waals surface area contributed by atoms with Gasteiger partial charge >= 0.3 is 0 Å². The first-order valence-corrected chi connectivity index (χ1v) is 7.04. The van der Waals surface area contributed by atoms with Crippen molar-refractivity contribution in [3.05, 3.63) is 18.3 Å². The first kappa shape index (κ1) is 14.3. The highest BCUT2D eigenvalue weighted by atomic mass is 16.5. The molecule has 0 bridgehead atoms. The highest BCUT2D eigenvalue weighted by Gasteiger charge is 2.30. The maximum Gasteiger partial charge on any atom is 0.266 e. The minimum Gasteiger partial charge on any atom is -0.480 e. The molecule has 0 unspecified atom stereocenters. The van der Waals surface area contributed by atoms with Gasteiger partial charge in [0.05, 0.1) is 0 Å². The summed E-state index contributed by atoms with van der Waals surface area (Å²) in [6, 6.07) is 3.43. The van der Waals surface area contributed by atoms with E-state index in [9.17, 15) is 14.4 Å². The Bertz CT molecular complexity index is 598. The van der Waals surface area contributed by atoms with Crippen LogP contribution in [0.25, 0.3) is 0 Å². The van der Waals surface area contributed by atoms with E-state index in [1.165, 1.54) is 4.90 Å². The number of anilines is 1. The number of nitrogens with zero attached hydrogens (tertiary/aromatic N) is 4. The third-order valence-electron chi connectivity index (χ3n) is 3.77. The molecule has 3 amide bonds. The summed E-state index contributed by atoms with van der Waals surface area (Å²) in [6.45, 7) is 1.83. The van der Waals surface area contributed by atoms with Gasteiger partial charge in [-0.2, -0.15) is 0 Å². The Kier molecular flexibility index (Phi) is 3.90. The summed E-state index contributed by atoms with van der Waals surface area (Å²) < 4.78 is 5.30. The SMILES string of the molecule is O=CN1CCN(C(=O)CN2C(=O)COc3cccnc32)CC1. The minimum atomic E-state index is -0.286. The number of hydrogen-bond acceptors (Lipinski definition) is 5. The van der Waals surface area contributed by atoms with Gasteiger partial charge in [0.2, 0.25) is 12.3 Å². The Hall–Kier alpha value is -2.64. The molecule has 0 aliphatic carbocycles. The number of ether oxygens (including phenoxy) is 1. The van der Waals surface area contributed by atoms with Crippen LogP contribution in [0.2, 0.25) is 0 Å². The van der Waals surface area contributed by atoms with E-state index in [2.05, 4.69) is 4.98 Å². The standard InChI is InChI=1S/C14H16N4O4/c19-10-16-4-6-17(7-5-16)12(20)8-18-13(21)9-22-11-2-1-3-15-14(11)18/h1-3,10H,4-9H2. The van der Waals surface area contributed by atoms with E-state index in [0.717, 1.165) is 6.41 Å². The van der Waals surface area contributed by atoms with E-state index in [4.69, 9.17) is 4.74 Å². The number of pyridine rings is 1. The van der Waals surface area contributed by atoms with Crippen LogP contribution in [-0.4, -0.2) is 72.3 Å². The Balaban J connectivity index is 1.69. The number of fused-ring (bicyclic) bond motifs is 1. The molecule has 1 aromatic heterocycles. The van der Waals surface area contributed by atoms with Crippen LogP contribution in [0, 0.1) is 0 Å². The molecule has 0 spiro atoms. The fourth-order valence-electron chi connectivity index (χ4n) is 2.51. The number of rotatable bonds is 3. The van der Waals surface area contributed by atoms with Crippen LogP contribution < -0.4 is 9.64 Å². The molecule has 0 saturated carbocycles. The lowest BCUT2D eigenvalue weighted by Crippen LogP contribution is -2.52. The average molecular weight is 304 g/mol. The van der Waals surface area contributed by atoms with E-state index >= 15 is 0 Å². The third kappa shape index (κ3) is 2.72. The highest BCUT2D eigenvalue weighted by Crippen LogP contribution is 2.28. The molecule has 3 rings (SSSR count). The lowest BCUT2D eigenvalue weighted by Gasteiger charge is -2.34. The molecule has 0 atom stereocenters. The van der Waals surface area contributed by atoms with Gasteiger partial charge in [-0.05, 0) is 12.1 Å². The maximum atomic E-state index is 12.4. The largest absolute Gasteiger partial charge is 0.480 e. The van der Waals surface area contributed by atoms with E-state index in [0.29, 0.717) is 37.7 Å².